The number of carbonyl (C=O) groups is 1. The van der Waals surface area contributed by atoms with Gasteiger partial charge in [0.2, 0.25) is 0 Å². The Morgan fingerprint density at radius 3 is 2.38 bits per heavy atom. The lowest BCUT2D eigenvalue weighted by atomic mass is 9.89. The van der Waals surface area contributed by atoms with Crippen LogP contribution in [0, 0.1) is 11.3 Å². The van der Waals surface area contributed by atoms with Crippen molar-refractivity contribution in [3.63, 3.8) is 0 Å². The van der Waals surface area contributed by atoms with Crippen LogP contribution in [0.15, 0.2) is 90.1 Å². The normalized spacial score (nSPS) is 16.0. The Hall–Kier alpha value is -4.02. The summed E-state index contributed by atoms with van der Waals surface area (Å²) < 4.78 is 23.7. The average Bonchev–Trinajstić information content (AvgIpc) is 2.83. The summed E-state index contributed by atoms with van der Waals surface area (Å²) in [6.07, 6.45) is 7.34. The zero-order chi connectivity index (χ0) is 22.7. The Kier molecular flexibility index (Phi) is 5.71. The molecule has 32 heavy (non-hydrogen) atoms. The molecule has 1 unspecified atom stereocenters. The third-order valence-electron chi connectivity index (χ3n) is 5.22. The van der Waals surface area contributed by atoms with Gasteiger partial charge in [-0.05, 0) is 59.7 Å². The Bertz CT molecular complexity index is 1370. The van der Waals surface area contributed by atoms with Crippen molar-refractivity contribution < 1.29 is 13.2 Å². The molecule has 6 nitrogen and oxygen atoms in total. The second-order valence-electron chi connectivity index (χ2n) is 7.31. The molecule has 0 radical (unpaired) electrons. The topological polar surface area (TPSA) is 91.1 Å². The third kappa shape index (κ3) is 4.09. The quantitative estimate of drug-likeness (QED) is 0.558. The zero-order valence-electron chi connectivity index (χ0n) is 17.2. The van der Waals surface area contributed by atoms with Gasteiger partial charge in [0.15, 0.2) is 9.84 Å². The van der Waals surface area contributed by atoms with Gasteiger partial charge in [-0.1, -0.05) is 24.3 Å². The van der Waals surface area contributed by atoms with E-state index in [4.69, 9.17) is 0 Å². The van der Waals surface area contributed by atoms with E-state index in [-0.39, 0.29) is 4.90 Å². The molecule has 0 amide bonds. The van der Waals surface area contributed by atoms with E-state index in [1.165, 1.54) is 12.1 Å². The Labute approximate surface area is 186 Å². The summed E-state index contributed by atoms with van der Waals surface area (Å²) in [5, 5.41) is 9.62. The molecule has 0 saturated carbocycles. The summed E-state index contributed by atoms with van der Waals surface area (Å²) in [6, 6.07) is 20.5. The molecular formula is C25H19N3O3S. The molecule has 7 heteroatoms. The number of carbonyl (C=O) groups excluding carboxylic acids is 1. The van der Waals surface area contributed by atoms with Crippen molar-refractivity contribution in [3.05, 3.63) is 102 Å². The van der Waals surface area contributed by atoms with Crippen LogP contribution < -0.4 is 4.90 Å². The lowest BCUT2D eigenvalue weighted by Crippen LogP contribution is -2.36. The van der Waals surface area contributed by atoms with E-state index in [0.717, 1.165) is 18.1 Å². The number of rotatable bonds is 5. The van der Waals surface area contributed by atoms with E-state index >= 15 is 0 Å². The van der Waals surface area contributed by atoms with Crippen LogP contribution in [0.3, 0.4) is 0 Å². The molecule has 1 atom stereocenters. The smallest absolute Gasteiger partial charge is 0.175 e. The number of aromatic nitrogens is 1. The molecule has 0 saturated heterocycles. The van der Waals surface area contributed by atoms with E-state index in [1.54, 1.807) is 35.4 Å². The first-order chi connectivity index (χ1) is 15.4. The van der Waals surface area contributed by atoms with Gasteiger partial charge in [0.1, 0.15) is 12.3 Å². The maximum absolute atomic E-state index is 12.3. The van der Waals surface area contributed by atoms with Crippen molar-refractivity contribution in [2.75, 3.05) is 11.2 Å². The number of pyridine rings is 1. The predicted molar refractivity (Wildman–Crippen MR) is 123 cm³/mol. The molecule has 0 spiro atoms. The summed E-state index contributed by atoms with van der Waals surface area (Å²) >= 11 is 0. The van der Waals surface area contributed by atoms with Gasteiger partial charge in [0.25, 0.3) is 0 Å². The fraction of sp³-hybridized carbons (Fsp3) is 0.0800. The van der Waals surface area contributed by atoms with Crippen LogP contribution in [0.4, 0.5) is 5.69 Å². The number of anilines is 1. The van der Waals surface area contributed by atoms with Gasteiger partial charge in [-0.25, -0.2) is 8.42 Å². The van der Waals surface area contributed by atoms with Gasteiger partial charge >= 0.3 is 0 Å². The summed E-state index contributed by atoms with van der Waals surface area (Å²) in [7, 11) is -3.35. The molecule has 0 aliphatic carbocycles. The van der Waals surface area contributed by atoms with Gasteiger partial charge in [-0.3, -0.25) is 4.98 Å². The Morgan fingerprint density at radius 2 is 1.75 bits per heavy atom. The van der Waals surface area contributed by atoms with Gasteiger partial charge in [-0.15, -0.1) is 0 Å². The number of hydrogen-bond acceptors (Lipinski definition) is 6. The molecule has 2 heterocycles. The lowest BCUT2D eigenvalue weighted by molar-refractivity contribution is -0.107. The SMILES string of the molecule is CS(=O)(=O)c1ccc(N2C=C(c3ccccn3)C=C(c3ccccc3C#N)C2C=O)cc1. The molecule has 0 N–H and O–H groups in total. The average molecular weight is 442 g/mol. The standard InChI is InChI=1S/C25H19N3O3S/c1-32(30,31)21-11-9-20(10-12-21)28-16-19(24-8-4-5-13-27-24)14-23(25(28)17-29)22-7-3-2-6-18(22)15-26/h2-14,16-17,25H,1H3. The highest BCUT2D eigenvalue weighted by atomic mass is 32.2. The first-order valence-electron chi connectivity index (χ1n) is 9.80. The summed E-state index contributed by atoms with van der Waals surface area (Å²) in [6.45, 7) is 0. The van der Waals surface area contributed by atoms with Gasteiger partial charge in [-0.2, -0.15) is 5.26 Å². The van der Waals surface area contributed by atoms with Crippen LogP contribution >= 0.6 is 0 Å². The van der Waals surface area contributed by atoms with Crippen molar-refractivity contribution in [2.24, 2.45) is 0 Å². The van der Waals surface area contributed by atoms with Crippen molar-refractivity contribution in [1.29, 1.82) is 5.26 Å². The van der Waals surface area contributed by atoms with Gasteiger partial charge in [0.05, 0.1) is 22.2 Å². The molecular weight excluding hydrogens is 422 g/mol. The van der Waals surface area contributed by atoms with E-state index in [0.29, 0.717) is 28.1 Å². The fourth-order valence-corrected chi connectivity index (χ4v) is 4.28. The molecule has 2 aromatic carbocycles. The van der Waals surface area contributed by atoms with Crippen LogP contribution in [0.2, 0.25) is 0 Å². The van der Waals surface area contributed by atoms with Crippen molar-refractivity contribution in [1.82, 2.24) is 4.98 Å². The number of allylic oxidation sites excluding steroid dienone is 2. The van der Waals surface area contributed by atoms with Crippen LogP contribution in [-0.4, -0.2) is 32.0 Å². The largest absolute Gasteiger partial charge is 0.333 e. The summed E-state index contributed by atoms with van der Waals surface area (Å²) in [4.78, 5) is 18.7. The van der Waals surface area contributed by atoms with Crippen LogP contribution in [-0.2, 0) is 14.6 Å². The third-order valence-corrected chi connectivity index (χ3v) is 6.35. The molecule has 0 bridgehead atoms. The van der Waals surface area contributed by atoms with Crippen LogP contribution in [0.1, 0.15) is 16.8 Å². The molecule has 1 aliphatic rings. The zero-order valence-corrected chi connectivity index (χ0v) is 18.0. The minimum Gasteiger partial charge on any atom is -0.333 e. The number of nitrogens with zero attached hydrogens (tertiary/aromatic N) is 3. The highest BCUT2D eigenvalue weighted by molar-refractivity contribution is 7.90. The highest BCUT2D eigenvalue weighted by Gasteiger charge is 2.28. The first-order valence-corrected chi connectivity index (χ1v) is 11.7. The Morgan fingerprint density at radius 1 is 1.03 bits per heavy atom. The molecule has 158 valence electrons. The predicted octanol–water partition coefficient (Wildman–Crippen LogP) is 3.87. The lowest BCUT2D eigenvalue weighted by Gasteiger charge is -2.33. The minimum atomic E-state index is -3.35. The number of hydrogen-bond donors (Lipinski definition) is 0. The number of sulfone groups is 1. The van der Waals surface area contributed by atoms with E-state index in [9.17, 15) is 18.5 Å². The van der Waals surface area contributed by atoms with Gasteiger partial charge in [0, 0.05) is 29.9 Å². The molecule has 0 fully saturated rings. The van der Waals surface area contributed by atoms with Gasteiger partial charge < -0.3 is 9.69 Å². The highest BCUT2D eigenvalue weighted by Crippen LogP contribution is 2.36. The van der Waals surface area contributed by atoms with Crippen LogP contribution in [0.5, 0.6) is 0 Å². The van der Waals surface area contributed by atoms with Crippen molar-refractivity contribution >= 4 is 33.0 Å². The van der Waals surface area contributed by atoms with Crippen LogP contribution in [0.25, 0.3) is 11.1 Å². The number of benzene rings is 2. The molecule has 4 rings (SSSR count). The number of nitriles is 1. The van der Waals surface area contributed by atoms with Crippen molar-refractivity contribution in [3.8, 4) is 6.07 Å². The number of aldehydes is 1. The summed E-state index contributed by atoms with van der Waals surface area (Å²) in [5.41, 5.74) is 3.89. The maximum atomic E-state index is 12.3. The maximum Gasteiger partial charge on any atom is 0.175 e. The van der Waals surface area contributed by atoms with E-state index < -0.39 is 15.9 Å². The fourth-order valence-electron chi connectivity index (χ4n) is 3.65. The van der Waals surface area contributed by atoms with E-state index in [2.05, 4.69) is 11.1 Å². The first kappa shape index (κ1) is 21.2. The van der Waals surface area contributed by atoms with Crippen molar-refractivity contribution in [2.45, 2.75) is 10.9 Å². The second kappa shape index (κ2) is 8.61. The molecule has 3 aromatic rings. The monoisotopic (exact) mass is 441 g/mol. The van der Waals surface area contributed by atoms with E-state index in [1.807, 2.05) is 42.6 Å². The minimum absolute atomic E-state index is 0.195. The molecule has 1 aliphatic heterocycles. The Balaban J connectivity index is 1.90. The molecule has 1 aromatic heterocycles. The summed E-state index contributed by atoms with van der Waals surface area (Å²) in [5.74, 6) is 0. The second-order valence-corrected chi connectivity index (χ2v) is 9.33.